The SMILES string of the molecule is Cc1nnc(-c2ccc(S(=O)(=O)Nc3ccccc3CN[C@@H](C)CC3CCCC3)cc2)o1. The molecule has 1 atom stereocenters. The number of hydrogen-bond acceptors (Lipinski definition) is 6. The van der Waals surface area contributed by atoms with Gasteiger partial charge in [0.25, 0.3) is 10.0 Å². The van der Waals surface area contributed by atoms with Crippen molar-refractivity contribution in [3.05, 3.63) is 60.0 Å². The highest BCUT2D eigenvalue weighted by Crippen LogP contribution is 2.29. The van der Waals surface area contributed by atoms with Crippen LogP contribution in [0.25, 0.3) is 11.5 Å². The second kappa shape index (κ2) is 9.83. The lowest BCUT2D eigenvalue weighted by molar-refractivity contribution is 0.404. The van der Waals surface area contributed by atoms with Gasteiger partial charge in [0.2, 0.25) is 11.8 Å². The molecule has 2 aromatic carbocycles. The molecule has 0 aliphatic heterocycles. The van der Waals surface area contributed by atoms with Gasteiger partial charge in [0.05, 0.1) is 10.6 Å². The van der Waals surface area contributed by atoms with Gasteiger partial charge < -0.3 is 9.73 Å². The fourth-order valence-electron chi connectivity index (χ4n) is 4.28. The van der Waals surface area contributed by atoms with Crippen LogP contribution in [-0.4, -0.2) is 24.7 Å². The van der Waals surface area contributed by atoms with Crippen molar-refractivity contribution in [1.29, 1.82) is 0 Å². The Bertz CT molecular complexity index is 1140. The van der Waals surface area contributed by atoms with Crippen LogP contribution in [-0.2, 0) is 16.6 Å². The van der Waals surface area contributed by atoms with Gasteiger partial charge in [0, 0.05) is 25.1 Å². The molecule has 4 rings (SSSR count). The van der Waals surface area contributed by atoms with Gasteiger partial charge in [-0.2, -0.15) is 0 Å². The first-order chi connectivity index (χ1) is 15.4. The summed E-state index contributed by atoms with van der Waals surface area (Å²) in [5.74, 6) is 1.63. The van der Waals surface area contributed by atoms with Crippen molar-refractivity contribution in [1.82, 2.24) is 15.5 Å². The smallest absolute Gasteiger partial charge is 0.261 e. The van der Waals surface area contributed by atoms with Crippen molar-refractivity contribution in [2.45, 2.75) is 63.4 Å². The van der Waals surface area contributed by atoms with Crippen LogP contribution in [0, 0.1) is 12.8 Å². The van der Waals surface area contributed by atoms with Crippen LogP contribution in [0.1, 0.15) is 50.5 Å². The number of para-hydroxylation sites is 1. The summed E-state index contributed by atoms with van der Waals surface area (Å²) < 4.78 is 34.1. The Morgan fingerprint density at radius 1 is 1.06 bits per heavy atom. The number of aromatic nitrogens is 2. The summed E-state index contributed by atoms with van der Waals surface area (Å²) in [6.07, 6.45) is 6.51. The maximum atomic E-state index is 13.0. The van der Waals surface area contributed by atoms with Gasteiger partial charge in [0.1, 0.15) is 0 Å². The van der Waals surface area contributed by atoms with Crippen molar-refractivity contribution >= 4 is 15.7 Å². The second-order valence-corrected chi connectivity index (χ2v) is 10.3. The molecule has 8 heteroatoms. The molecule has 1 aromatic heterocycles. The van der Waals surface area contributed by atoms with Crippen molar-refractivity contribution in [2.75, 3.05) is 4.72 Å². The van der Waals surface area contributed by atoms with Gasteiger partial charge in [-0.15, -0.1) is 10.2 Å². The van der Waals surface area contributed by atoms with Gasteiger partial charge in [-0.3, -0.25) is 4.72 Å². The highest BCUT2D eigenvalue weighted by Gasteiger charge is 2.19. The molecule has 170 valence electrons. The Kier molecular flexibility index (Phi) is 6.91. The molecule has 0 saturated heterocycles. The molecule has 1 aliphatic rings. The van der Waals surface area contributed by atoms with Gasteiger partial charge in [-0.05, 0) is 55.2 Å². The minimum Gasteiger partial charge on any atom is -0.421 e. The van der Waals surface area contributed by atoms with Crippen LogP contribution in [0.5, 0.6) is 0 Å². The van der Waals surface area contributed by atoms with Crippen LogP contribution in [0.2, 0.25) is 0 Å². The number of nitrogens with zero attached hydrogens (tertiary/aromatic N) is 2. The van der Waals surface area contributed by atoms with Crippen molar-refractivity contribution in [3.8, 4) is 11.5 Å². The lowest BCUT2D eigenvalue weighted by atomic mass is 9.99. The molecule has 1 heterocycles. The Balaban J connectivity index is 1.42. The summed E-state index contributed by atoms with van der Waals surface area (Å²) in [5.41, 5.74) is 2.18. The first-order valence-corrected chi connectivity index (χ1v) is 12.6. The molecule has 0 amide bonds. The third-order valence-electron chi connectivity index (χ3n) is 6.00. The van der Waals surface area contributed by atoms with E-state index in [0.29, 0.717) is 35.6 Å². The minimum absolute atomic E-state index is 0.176. The minimum atomic E-state index is -3.73. The van der Waals surface area contributed by atoms with Gasteiger partial charge in [-0.1, -0.05) is 43.9 Å². The Morgan fingerprint density at radius 3 is 2.47 bits per heavy atom. The average molecular weight is 455 g/mol. The zero-order chi connectivity index (χ0) is 22.6. The first kappa shape index (κ1) is 22.5. The number of sulfonamides is 1. The molecule has 32 heavy (non-hydrogen) atoms. The average Bonchev–Trinajstić information content (AvgIpc) is 3.45. The van der Waals surface area contributed by atoms with Crippen LogP contribution >= 0.6 is 0 Å². The van der Waals surface area contributed by atoms with Crippen molar-refractivity contribution in [3.63, 3.8) is 0 Å². The molecule has 0 radical (unpaired) electrons. The van der Waals surface area contributed by atoms with E-state index < -0.39 is 10.0 Å². The second-order valence-electron chi connectivity index (χ2n) is 8.58. The van der Waals surface area contributed by atoms with E-state index in [1.807, 2.05) is 18.2 Å². The molecule has 0 spiro atoms. The standard InChI is InChI=1S/C24H30N4O3S/c1-17(15-19-7-3-4-8-19)25-16-21-9-5-6-10-23(21)28-32(29,30)22-13-11-20(12-14-22)24-27-26-18(2)31-24/h5-6,9-14,17,19,25,28H,3-4,7-8,15-16H2,1-2H3/t17-/m0/s1. The fraction of sp³-hybridized carbons (Fsp3) is 0.417. The topological polar surface area (TPSA) is 97.1 Å². The number of benzene rings is 2. The zero-order valence-electron chi connectivity index (χ0n) is 18.5. The number of aryl methyl sites for hydroxylation is 1. The maximum absolute atomic E-state index is 13.0. The van der Waals surface area contributed by atoms with Crippen LogP contribution in [0.3, 0.4) is 0 Å². The molecule has 1 saturated carbocycles. The predicted octanol–water partition coefficient (Wildman–Crippen LogP) is 4.90. The molecule has 2 N–H and O–H groups in total. The largest absolute Gasteiger partial charge is 0.421 e. The lowest BCUT2D eigenvalue weighted by Crippen LogP contribution is -2.28. The van der Waals surface area contributed by atoms with E-state index in [2.05, 4.69) is 27.2 Å². The predicted molar refractivity (Wildman–Crippen MR) is 125 cm³/mol. The molecule has 0 bridgehead atoms. The van der Waals surface area contributed by atoms with E-state index in [4.69, 9.17) is 4.42 Å². The number of rotatable bonds is 9. The molecule has 7 nitrogen and oxygen atoms in total. The number of anilines is 1. The summed E-state index contributed by atoms with van der Waals surface area (Å²) in [6, 6.07) is 14.3. The summed E-state index contributed by atoms with van der Waals surface area (Å²) >= 11 is 0. The summed E-state index contributed by atoms with van der Waals surface area (Å²) in [7, 11) is -3.73. The summed E-state index contributed by atoms with van der Waals surface area (Å²) in [6.45, 7) is 4.53. The van der Waals surface area contributed by atoms with E-state index in [-0.39, 0.29) is 4.90 Å². The molecule has 3 aromatic rings. The third-order valence-corrected chi connectivity index (χ3v) is 7.38. The van der Waals surface area contributed by atoms with Crippen LogP contribution in [0.15, 0.2) is 57.8 Å². The fourth-order valence-corrected chi connectivity index (χ4v) is 5.38. The van der Waals surface area contributed by atoms with E-state index in [1.165, 1.54) is 32.1 Å². The first-order valence-electron chi connectivity index (χ1n) is 11.2. The van der Waals surface area contributed by atoms with Crippen LogP contribution < -0.4 is 10.0 Å². The van der Waals surface area contributed by atoms with Crippen molar-refractivity contribution in [2.24, 2.45) is 5.92 Å². The highest BCUT2D eigenvalue weighted by molar-refractivity contribution is 7.92. The number of nitrogens with one attached hydrogen (secondary N) is 2. The maximum Gasteiger partial charge on any atom is 0.261 e. The summed E-state index contributed by atoms with van der Waals surface area (Å²) in [4.78, 5) is 0.176. The van der Waals surface area contributed by atoms with E-state index in [0.717, 1.165) is 11.5 Å². The quantitative estimate of drug-likeness (QED) is 0.477. The number of hydrogen-bond donors (Lipinski definition) is 2. The molecule has 1 fully saturated rings. The molecule has 0 unspecified atom stereocenters. The van der Waals surface area contributed by atoms with Gasteiger partial charge in [-0.25, -0.2) is 8.42 Å². The third kappa shape index (κ3) is 5.55. The molecular weight excluding hydrogens is 424 g/mol. The van der Waals surface area contributed by atoms with Gasteiger partial charge >= 0.3 is 0 Å². The highest BCUT2D eigenvalue weighted by atomic mass is 32.2. The molecule has 1 aliphatic carbocycles. The monoisotopic (exact) mass is 454 g/mol. The molecular formula is C24H30N4O3S. The van der Waals surface area contributed by atoms with Gasteiger partial charge in [0.15, 0.2) is 0 Å². The Hall–Kier alpha value is -2.71. The summed E-state index contributed by atoms with van der Waals surface area (Å²) in [5, 5.41) is 11.3. The van der Waals surface area contributed by atoms with E-state index in [1.54, 1.807) is 37.3 Å². The van der Waals surface area contributed by atoms with Crippen LogP contribution in [0.4, 0.5) is 5.69 Å². The van der Waals surface area contributed by atoms with E-state index in [9.17, 15) is 8.42 Å². The lowest BCUT2D eigenvalue weighted by Gasteiger charge is -2.19. The Morgan fingerprint density at radius 2 is 1.78 bits per heavy atom. The van der Waals surface area contributed by atoms with E-state index >= 15 is 0 Å². The zero-order valence-corrected chi connectivity index (χ0v) is 19.4. The Labute approximate surface area is 189 Å². The normalized spacial score (nSPS) is 15.7. The van der Waals surface area contributed by atoms with Crippen molar-refractivity contribution < 1.29 is 12.8 Å².